The summed E-state index contributed by atoms with van der Waals surface area (Å²) >= 11 is 13.6. The van der Waals surface area contributed by atoms with E-state index in [9.17, 15) is 9.59 Å². The van der Waals surface area contributed by atoms with Gasteiger partial charge < -0.3 is 4.74 Å². The molecule has 142 valence electrons. The summed E-state index contributed by atoms with van der Waals surface area (Å²) < 4.78 is 5.27. The number of benzene rings is 2. The second kappa shape index (κ2) is 7.91. The Morgan fingerprint density at radius 2 is 2.07 bits per heavy atom. The van der Waals surface area contributed by atoms with Crippen molar-refractivity contribution in [1.82, 2.24) is 4.98 Å². The summed E-state index contributed by atoms with van der Waals surface area (Å²) in [5.74, 6) is -0.887. The predicted octanol–water partition coefficient (Wildman–Crippen LogP) is 4.76. The highest BCUT2D eigenvalue weighted by Gasteiger charge is 2.31. The monoisotopic (exact) mass is 432 g/mol. The molecule has 4 rings (SSSR count). The Hall–Kier alpha value is -2.41. The molecule has 1 atom stereocenters. The van der Waals surface area contributed by atoms with Gasteiger partial charge in [0.05, 0.1) is 5.56 Å². The second-order valence-corrected chi connectivity index (χ2v) is 8.25. The number of carbonyl (C=O) groups is 2. The largest absolute Gasteiger partial charge is 0.448 e. The zero-order chi connectivity index (χ0) is 19.7. The molecule has 1 N–H and O–H groups in total. The van der Waals surface area contributed by atoms with Gasteiger partial charge in [-0.3, -0.25) is 10.1 Å². The summed E-state index contributed by atoms with van der Waals surface area (Å²) in [6.45, 7) is 0. The van der Waals surface area contributed by atoms with E-state index in [1.807, 2.05) is 12.1 Å². The van der Waals surface area contributed by atoms with Crippen molar-refractivity contribution in [2.75, 3.05) is 5.32 Å². The Kier molecular flexibility index (Phi) is 5.35. The molecule has 2 aromatic carbocycles. The van der Waals surface area contributed by atoms with E-state index in [2.05, 4.69) is 10.3 Å². The molecule has 0 saturated heterocycles. The van der Waals surface area contributed by atoms with Crippen molar-refractivity contribution in [2.45, 2.75) is 18.9 Å². The predicted molar refractivity (Wildman–Crippen MR) is 109 cm³/mol. The third-order valence-electron chi connectivity index (χ3n) is 4.34. The summed E-state index contributed by atoms with van der Waals surface area (Å²) in [6, 6.07) is 12.4. The Labute approximate surface area is 175 Å². The maximum absolute atomic E-state index is 12.5. The Morgan fingerprint density at radius 1 is 1.25 bits per heavy atom. The minimum atomic E-state index is -0.878. The van der Waals surface area contributed by atoms with Crippen LogP contribution in [0.25, 0.3) is 0 Å². The lowest BCUT2D eigenvalue weighted by Gasteiger charge is -2.23. The minimum Gasteiger partial charge on any atom is -0.448 e. The molecule has 0 radical (unpaired) electrons. The summed E-state index contributed by atoms with van der Waals surface area (Å²) in [7, 11) is 0. The van der Waals surface area contributed by atoms with Gasteiger partial charge in [-0.15, -0.1) is 11.3 Å². The standard InChI is InChI=1S/C20H14Cl2N2O3S/c21-13-5-6-16(22)12(7-13)8-14-10-23-20(28-14)24-18(25)17-9-11-3-1-2-4-15(11)19(26)27-17/h1-7,10,17H,8-9H2,(H,23,24,25)/t17-/m1/s1. The van der Waals surface area contributed by atoms with Gasteiger partial charge in [-0.05, 0) is 35.4 Å². The maximum atomic E-state index is 12.5. The van der Waals surface area contributed by atoms with Gasteiger partial charge >= 0.3 is 5.97 Å². The van der Waals surface area contributed by atoms with Gasteiger partial charge in [0.1, 0.15) is 0 Å². The van der Waals surface area contributed by atoms with Crippen molar-refractivity contribution in [1.29, 1.82) is 0 Å². The van der Waals surface area contributed by atoms with Crippen molar-refractivity contribution in [3.8, 4) is 0 Å². The number of aromatic nitrogens is 1. The van der Waals surface area contributed by atoms with Crippen LogP contribution in [0.15, 0.2) is 48.7 Å². The fourth-order valence-electron chi connectivity index (χ4n) is 2.98. The summed E-state index contributed by atoms with van der Waals surface area (Å²) in [5, 5.41) is 4.40. The lowest BCUT2D eigenvalue weighted by Crippen LogP contribution is -2.37. The van der Waals surface area contributed by atoms with Gasteiger partial charge in [-0.1, -0.05) is 41.4 Å². The first-order chi connectivity index (χ1) is 13.5. The molecule has 1 aliphatic rings. The van der Waals surface area contributed by atoms with Gasteiger partial charge in [-0.2, -0.15) is 0 Å². The number of nitrogens with one attached hydrogen (secondary N) is 1. The number of carbonyl (C=O) groups excluding carboxylic acids is 2. The maximum Gasteiger partial charge on any atom is 0.339 e. The first-order valence-corrected chi connectivity index (χ1v) is 10.1. The van der Waals surface area contributed by atoms with E-state index < -0.39 is 18.0 Å². The molecular weight excluding hydrogens is 419 g/mol. The van der Waals surface area contributed by atoms with E-state index in [-0.39, 0.29) is 0 Å². The van der Waals surface area contributed by atoms with Crippen LogP contribution < -0.4 is 5.32 Å². The van der Waals surface area contributed by atoms with E-state index in [1.54, 1.807) is 36.5 Å². The third-order valence-corrected chi connectivity index (χ3v) is 5.86. The summed E-state index contributed by atoms with van der Waals surface area (Å²) in [4.78, 5) is 29.8. The fourth-order valence-corrected chi connectivity index (χ4v) is 4.19. The molecule has 0 saturated carbocycles. The first-order valence-electron chi connectivity index (χ1n) is 8.48. The van der Waals surface area contributed by atoms with Crippen molar-refractivity contribution in [3.63, 3.8) is 0 Å². The average molecular weight is 433 g/mol. The van der Waals surface area contributed by atoms with Crippen molar-refractivity contribution >= 4 is 51.5 Å². The highest BCUT2D eigenvalue weighted by atomic mass is 35.5. The second-order valence-electron chi connectivity index (χ2n) is 6.29. The van der Waals surface area contributed by atoms with Crippen LogP contribution in [0.1, 0.15) is 26.4 Å². The minimum absolute atomic E-state index is 0.337. The van der Waals surface area contributed by atoms with Gasteiger partial charge in [0, 0.05) is 34.0 Å². The van der Waals surface area contributed by atoms with E-state index in [1.165, 1.54) is 11.3 Å². The Bertz CT molecular complexity index is 1070. The third kappa shape index (κ3) is 4.04. The summed E-state index contributed by atoms with van der Waals surface area (Å²) in [5.41, 5.74) is 2.18. The quantitative estimate of drug-likeness (QED) is 0.603. The van der Waals surface area contributed by atoms with Crippen LogP contribution in [-0.4, -0.2) is 23.0 Å². The van der Waals surface area contributed by atoms with Crippen molar-refractivity contribution < 1.29 is 14.3 Å². The molecule has 8 heteroatoms. The summed E-state index contributed by atoms with van der Waals surface area (Å²) in [6.07, 6.45) is 1.69. The molecule has 28 heavy (non-hydrogen) atoms. The fraction of sp³-hybridized carbons (Fsp3) is 0.150. The SMILES string of the molecule is O=C1O[C@@H](C(=O)Nc2ncc(Cc3cc(Cl)ccc3Cl)s2)Cc2ccccc21. The number of fused-ring (bicyclic) bond motifs is 1. The topological polar surface area (TPSA) is 68.3 Å². The first kappa shape index (κ1) is 18.9. The normalized spacial score (nSPS) is 15.6. The van der Waals surface area contributed by atoms with Crippen LogP contribution in [0.4, 0.5) is 5.13 Å². The van der Waals surface area contributed by atoms with E-state index in [0.717, 1.165) is 16.0 Å². The number of cyclic esters (lactones) is 1. The Balaban J connectivity index is 1.43. The molecule has 5 nitrogen and oxygen atoms in total. The van der Waals surface area contributed by atoms with Crippen LogP contribution in [0.3, 0.4) is 0 Å². The highest BCUT2D eigenvalue weighted by Crippen LogP contribution is 2.27. The number of hydrogen-bond donors (Lipinski definition) is 1. The van der Waals surface area contributed by atoms with Gasteiger partial charge in [-0.25, -0.2) is 9.78 Å². The van der Waals surface area contributed by atoms with Crippen LogP contribution in [0, 0.1) is 0 Å². The number of amides is 1. The van der Waals surface area contributed by atoms with Gasteiger partial charge in [0.25, 0.3) is 5.91 Å². The van der Waals surface area contributed by atoms with Crippen LogP contribution in [-0.2, 0) is 22.4 Å². The number of ether oxygens (including phenoxy) is 1. The number of halogens is 2. The number of esters is 1. The van der Waals surface area contributed by atoms with Gasteiger partial charge in [0.15, 0.2) is 11.2 Å². The number of hydrogen-bond acceptors (Lipinski definition) is 5. The zero-order valence-corrected chi connectivity index (χ0v) is 16.8. The molecule has 0 spiro atoms. The van der Waals surface area contributed by atoms with Crippen LogP contribution in [0.5, 0.6) is 0 Å². The highest BCUT2D eigenvalue weighted by molar-refractivity contribution is 7.15. The average Bonchev–Trinajstić information content (AvgIpc) is 3.11. The van der Waals surface area contributed by atoms with Crippen molar-refractivity contribution in [2.24, 2.45) is 0 Å². The van der Waals surface area contributed by atoms with Crippen LogP contribution in [0.2, 0.25) is 10.0 Å². The van der Waals surface area contributed by atoms with Crippen LogP contribution >= 0.6 is 34.5 Å². The molecule has 1 aliphatic heterocycles. The molecule has 0 fully saturated rings. The lowest BCUT2D eigenvalue weighted by atomic mass is 9.98. The van der Waals surface area contributed by atoms with E-state index >= 15 is 0 Å². The number of rotatable bonds is 4. The van der Waals surface area contributed by atoms with Gasteiger partial charge in [0.2, 0.25) is 0 Å². The number of thiazole rings is 1. The van der Waals surface area contributed by atoms with E-state index in [4.69, 9.17) is 27.9 Å². The molecule has 0 bridgehead atoms. The number of nitrogens with zero attached hydrogens (tertiary/aromatic N) is 1. The smallest absolute Gasteiger partial charge is 0.339 e. The number of anilines is 1. The van der Waals surface area contributed by atoms with Crippen molar-refractivity contribution in [3.05, 3.63) is 80.3 Å². The molecule has 0 aliphatic carbocycles. The Morgan fingerprint density at radius 3 is 2.93 bits per heavy atom. The molecule has 0 unspecified atom stereocenters. The zero-order valence-electron chi connectivity index (χ0n) is 14.4. The molecule has 3 aromatic rings. The molecule has 1 amide bonds. The molecule has 1 aromatic heterocycles. The van der Waals surface area contributed by atoms with E-state index in [0.29, 0.717) is 33.6 Å². The molecule has 2 heterocycles. The molecular formula is C20H14Cl2N2O3S. The lowest BCUT2D eigenvalue weighted by molar-refractivity contribution is -0.125.